The summed E-state index contributed by atoms with van der Waals surface area (Å²) in [5.74, 6) is -0.241. The van der Waals surface area contributed by atoms with Gasteiger partial charge in [0.2, 0.25) is 5.91 Å². The highest BCUT2D eigenvalue weighted by atomic mass is 32.1. The van der Waals surface area contributed by atoms with Crippen molar-refractivity contribution in [2.75, 3.05) is 5.32 Å². The Kier molecular flexibility index (Phi) is 4.52. The van der Waals surface area contributed by atoms with Gasteiger partial charge in [0.1, 0.15) is 5.69 Å². The zero-order valence-corrected chi connectivity index (χ0v) is 13.4. The van der Waals surface area contributed by atoms with Crippen LogP contribution < -0.4 is 5.32 Å². The van der Waals surface area contributed by atoms with Crippen molar-refractivity contribution < 1.29 is 9.59 Å². The van der Waals surface area contributed by atoms with E-state index >= 15 is 0 Å². The van der Waals surface area contributed by atoms with E-state index in [4.69, 9.17) is 0 Å². The number of hydrogen-bond acceptors (Lipinski definition) is 5. The number of Topliss-reactive ketones (excluding diaryl/α,β-unsaturated/α-hetero) is 1. The predicted molar refractivity (Wildman–Crippen MR) is 81.8 cm³/mol. The van der Waals surface area contributed by atoms with Crippen LogP contribution in [0.4, 0.5) is 5.13 Å². The fraction of sp³-hybridized carbons (Fsp3) is 0.429. The Hall–Kier alpha value is -2.02. The molecule has 2 aromatic rings. The lowest BCUT2D eigenvalue weighted by Gasteiger charge is -2.04. The van der Waals surface area contributed by atoms with Crippen molar-refractivity contribution in [1.82, 2.24) is 14.8 Å². The molecule has 0 aliphatic carbocycles. The van der Waals surface area contributed by atoms with Crippen LogP contribution in [-0.4, -0.2) is 26.5 Å². The van der Waals surface area contributed by atoms with Gasteiger partial charge in [-0.25, -0.2) is 4.98 Å². The van der Waals surface area contributed by atoms with E-state index in [-0.39, 0.29) is 11.7 Å². The summed E-state index contributed by atoms with van der Waals surface area (Å²) < 4.78 is 1.84. The maximum atomic E-state index is 11.9. The number of rotatable bonds is 5. The topological polar surface area (TPSA) is 76.9 Å². The molecule has 7 heteroatoms. The normalized spacial score (nSPS) is 10.7. The van der Waals surface area contributed by atoms with E-state index < -0.39 is 0 Å². The van der Waals surface area contributed by atoms with Gasteiger partial charge in [-0.1, -0.05) is 0 Å². The number of carbonyl (C=O) groups is 2. The summed E-state index contributed by atoms with van der Waals surface area (Å²) in [5, 5.41) is 9.19. The predicted octanol–water partition coefficient (Wildman–Crippen LogP) is 2.50. The molecule has 2 heterocycles. The second kappa shape index (κ2) is 6.17. The van der Waals surface area contributed by atoms with E-state index in [9.17, 15) is 9.59 Å². The average Bonchev–Trinajstić information content (AvgIpc) is 2.98. The summed E-state index contributed by atoms with van der Waals surface area (Å²) in [7, 11) is 0. The Morgan fingerprint density at radius 3 is 2.57 bits per heavy atom. The van der Waals surface area contributed by atoms with Gasteiger partial charge >= 0.3 is 0 Å². The molecular weight excluding hydrogens is 288 g/mol. The van der Waals surface area contributed by atoms with Crippen molar-refractivity contribution >= 4 is 28.2 Å². The lowest BCUT2D eigenvalue weighted by molar-refractivity contribution is -0.116. The summed E-state index contributed by atoms with van der Waals surface area (Å²) in [6.07, 6.45) is 0.316. The quantitative estimate of drug-likeness (QED) is 0.861. The molecule has 0 saturated heterocycles. The Labute approximate surface area is 127 Å². The summed E-state index contributed by atoms with van der Waals surface area (Å²) in [5.41, 5.74) is 3.60. The zero-order chi connectivity index (χ0) is 15.6. The van der Waals surface area contributed by atoms with Crippen molar-refractivity contribution in [3.05, 3.63) is 28.0 Å². The molecule has 1 amide bonds. The summed E-state index contributed by atoms with van der Waals surface area (Å²) >= 11 is 1.25. The van der Waals surface area contributed by atoms with Gasteiger partial charge in [-0.2, -0.15) is 5.10 Å². The van der Waals surface area contributed by atoms with E-state index in [2.05, 4.69) is 15.4 Å². The van der Waals surface area contributed by atoms with E-state index in [1.165, 1.54) is 18.3 Å². The number of nitrogens with zero attached hydrogens (tertiary/aromatic N) is 3. The van der Waals surface area contributed by atoms with Crippen molar-refractivity contribution in [2.45, 2.75) is 40.7 Å². The van der Waals surface area contributed by atoms with Crippen LogP contribution in [0.15, 0.2) is 5.38 Å². The summed E-state index contributed by atoms with van der Waals surface area (Å²) in [6, 6.07) is 0. The molecule has 112 valence electrons. The number of amides is 1. The van der Waals surface area contributed by atoms with Crippen LogP contribution in [0.3, 0.4) is 0 Å². The number of anilines is 1. The molecule has 2 rings (SSSR count). The lowest BCUT2D eigenvalue weighted by atomic mass is 10.2. The molecule has 6 nitrogen and oxygen atoms in total. The molecule has 0 saturated carbocycles. The third-order valence-electron chi connectivity index (χ3n) is 3.41. The largest absolute Gasteiger partial charge is 0.302 e. The van der Waals surface area contributed by atoms with Crippen LogP contribution >= 0.6 is 11.3 Å². The van der Waals surface area contributed by atoms with Crippen molar-refractivity contribution in [1.29, 1.82) is 0 Å². The highest BCUT2D eigenvalue weighted by molar-refractivity contribution is 7.14. The third kappa shape index (κ3) is 3.55. The Morgan fingerprint density at radius 1 is 1.33 bits per heavy atom. The number of hydrogen-bond donors (Lipinski definition) is 1. The van der Waals surface area contributed by atoms with Crippen LogP contribution in [0, 0.1) is 20.8 Å². The lowest BCUT2D eigenvalue weighted by Crippen LogP contribution is -2.15. The minimum Gasteiger partial charge on any atom is -0.302 e. The molecule has 0 unspecified atom stereocenters. The van der Waals surface area contributed by atoms with Gasteiger partial charge in [-0.05, 0) is 26.3 Å². The van der Waals surface area contributed by atoms with E-state index in [1.54, 1.807) is 5.38 Å². The monoisotopic (exact) mass is 306 g/mol. The average molecular weight is 306 g/mol. The molecule has 0 radical (unpaired) electrons. The molecule has 0 atom stereocenters. The van der Waals surface area contributed by atoms with Crippen molar-refractivity contribution in [3.63, 3.8) is 0 Å². The standard InChI is InChI=1S/C14H18N4O2S/c1-8-9(2)17-18(10(8)3)6-5-13(20)16-14-15-12(7-21-14)11(4)19/h7H,5-6H2,1-4H3,(H,15,16,20). The molecule has 2 aromatic heterocycles. The highest BCUT2D eigenvalue weighted by Gasteiger charge is 2.11. The maximum Gasteiger partial charge on any atom is 0.228 e. The number of thiazole rings is 1. The van der Waals surface area contributed by atoms with Gasteiger partial charge in [-0.3, -0.25) is 14.3 Å². The van der Waals surface area contributed by atoms with E-state index in [0.717, 1.165) is 17.0 Å². The number of aryl methyl sites for hydroxylation is 2. The van der Waals surface area contributed by atoms with E-state index in [0.29, 0.717) is 23.8 Å². The van der Waals surface area contributed by atoms with Gasteiger partial charge in [0.05, 0.1) is 5.69 Å². The molecule has 21 heavy (non-hydrogen) atoms. The second-order valence-electron chi connectivity index (χ2n) is 4.91. The molecule has 0 fully saturated rings. The van der Waals surface area contributed by atoms with Crippen LogP contribution in [0.5, 0.6) is 0 Å². The van der Waals surface area contributed by atoms with Crippen LogP contribution in [0.2, 0.25) is 0 Å². The molecule has 0 aliphatic heterocycles. The Morgan fingerprint density at radius 2 is 2.05 bits per heavy atom. The molecule has 0 bridgehead atoms. The highest BCUT2D eigenvalue weighted by Crippen LogP contribution is 2.16. The van der Waals surface area contributed by atoms with Gasteiger partial charge in [-0.15, -0.1) is 11.3 Å². The van der Waals surface area contributed by atoms with Crippen molar-refractivity contribution in [3.8, 4) is 0 Å². The first-order valence-corrected chi connectivity index (χ1v) is 7.53. The first-order valence-electron chi connectivity index (χ1n) is 6.65. The zero-order valence-electron chi connectivity index (χ0n) is 12.6. The number of carbonyl (C=O) groups excluding carboxylic acids is 2. The fourth-order valence-corrected chi connectivity index (χ4v) is 2.65. The molecular formula is C14H18N4O2S. The van der Waals surface area contributed by atoms with Gasteiger partial charge in [0.25, 0.3) is 0 Å². The van der Waals surface area contributed by atoms with Gasteiger partial charge < -0.3 is 5.32 Å². The number of aromatic nitrogens is 3. The molecule has 0 spiro atoms. The number of ketones is 1. The summed E-state index contributed by atoms with van der Waals surface area (Å²) in [6.45, 7) is 7.95. The smallest absolute Gasteiger partial charge is 0.228 e. The first-order chi connectivity index (χ1) is 9.88. The number of nitrogens with one attached hydrogen (secondary N) is 1. The first kappa shape index (κ1) is 15.4. The van der Waals surface area contributed by atoms with Crippen LogP contribution in [-0.2, 0) is 11.3 Å². The Bertz CT molecular complexity index is 687. The Balaban J connectivity index is 1.92. The minimum atomic E-state index is -0.135. The molecule has 1 N–H and O–H groups in total. The molecule has 0 aliphatic rings. The third-order valence-corrected chi connectivity index (χ3v) is 4.16. The minimum absolute atomic E-state index is 0.107. The van der Waals surface area contributed by atoms with Crippen LogP contribution in [0.1, 0.15) is 40.8 Å². The van der Waals surface area contributed by atoms with Crippen molar-refractivity contribution in [2.24, 2.45) is 0 Å². The van der Waals surface area contributed by atoms with Crippen LogP contribution in [0.25, 0.3) is 0 Å². The SMILES string of the molecule is CC(=O)c1csc(NC(=O)CCn2nc(C)c(C)c2C)n1. The fourth-order valence-electron chi connectivity index (χ4n) is 1.89. The van der Waals surface area contributed by atoms with E-state index in [1.807, 2.05) is 25.5 Å². The second-order valence-corrected chi connectivity index (χ2v) is 5.77. The molecule has 0 aromatic carbocycles. The maximum absolute atomic E-state index is 11.9. The van der Waals surface area contributed by atoms with Gasteiger partial charge in [0, 0.05) is 31.0 Å². The summed E-state index contributed by atoms with van der Waals surface area (Å²) in [4.78, 5) is 27.1. The van der Waals surface area contributed by atoms with Gasteiger partial charge in [0.15, 0.2) is 10.9 Å².